The molecule has 0 saturated heterocycles. The molecule has 1 heterocycles. The molecule has 0 bridgehead atoms. The van der Waals surface area contributed by atoms with E-state index in [1.165, 1.54) is 0 Å². The van der Waals surface area contributed by atoms with Crippen LogP contribution in [0.15, 0.2) is 42.7 Å². The average Bonchev–Trinajstić information content (AvgIpc) is 2.86. The lowest BCUT2D eigenvalue weighted by Gasteiger charge is -2.10. The minimum atomic E-state index is -4.07. The van der Waals surface area contributed by atoms with E-state index in [-0.39, 0.29) is 6.42 Å². The molecule has 0 aliphatic carbocycles. The third-order valence-corrected chi connectivity index (χ3v) is 2.85. The summed E-state index contributed by atoms with van der Waals surface area (Å²) < 4.78 is 37.9. The number of anilines is 1. The van der Waals surface area contributed by atoms with Crippen molar-refractivity contribution in [3.63, 3.8) is 0 Å². The zero-order valence-electron chi connectivity index (χ0n) is 10.9. The van der Waals surface area contributed by atoms with Gasteiger partial charge in [0.05, 0.1) is 0 Å². The van der Waals surface area contributed by atoms with Gasteiger partial charge in [-0.1, -0.05) is 18.2 Å². The van der Waals surface area contributed by atoms with Crippen LogP contribution in [0.25, 0.3) is 5.69 Å². The Balaban J connectivity index is 1.84. The molecule has 0 amide bonds. The normalized spacial score (nSPS) is 11.6. The number of imidazole rings is 1. The van der Waals surface area contributed by atoms with Crippen molar-refractivity contribution in [3.05, 3.63) is 42.7 Å². The van der Waals surface area contributed by atoms with Gasteiger partial charge in [0.2, 0.25) is 5.95 Å². The number of rotatable bonds is 6. The summed E-state index contributed by atoms with van der Waals surface area (Å²) in [7, 11) is 0. The summed E-state index contributed by atoms with van der Waals surface area (Å²) in [5.41, 5.74) is 0.961. The van der Waals surface area contributed by atoms with E-state index in [0.29, 0.717) is 18.9 Å². The van der Waals surface area contributed by atoms with Crippen molar-refractivity contribution in [3.8, 4) is 5.69 Å². The highest BCUT2D eigenvalue weighted by atomic mass is 19.4. The van der Waals surface area contributed by atoms with Crippen LogP contribution < -0.4 is 5.32 Å². The van der Waals surface area contributed by atoms with Gasteiger partial charge in [0.15, 0.2) is 0 Å². The minimum Gasteiger partial charge on any atom is -0.355 e. The van der Waals surface area contributed by atoms with Crippen molar-refractivity contribution >= 4 is 5.95 Å². The molecule has 0 unspecified atom stereocenters. The maximum atomic E-state index is 12.0. The van der Waals surface area contributed by atoms with Gasteiger partial charge in [0.1, 0.15) is 0 Å². The first kappa shape index (κ1) is 14.4. The Kier molecular flexibility index (Phi) is 4.65. The number of unbranched alkanes of at least 4 members (excludes halogenated alkanes) is 1. The molecule has 1 aromatic heterocycles. The van der Waals surface area contributed by atoms with Crippen molar-refractivity contribution in [1.82, 2.24) is 9.55 Å². The Morgan fingerprint density at radius 1 is 1.10 bits per heavy atom. The molecule has 108 valence electrons. The van der Waals surface area contributed by atoms with Gasteiger partial charge in [0, 0.05) is 31.0 Å². The van der Waals surface area contributed by atoms with Crippen LogP contribution in [0.5, 0.6) is 0 Å². The third-order valence-electron chi connectivity index (χ3n) is 2.85. The molecule has 1 aromatic carbocycles. The molecule has 20 heavy (non-hydrogen) atoms. The Labute approximate surface area is 115 Å². The number of aromatic nitrogens is 2. The fourth-order valence-electron chi connectivity index (χ4n) is 1.88. The van der Waals surface area contributed by atoms with Crippen LogP contribution in [0.4, 0.5) is 19.1 Å². The summed E-state index contributed by atoms with van der Waals surface area (Å²) in [6.45, 7) is 0.472. The molecule has 0 spiro atoms. The van der Waals surface area contributed by atoms with E-state index in [2.05, 4.69) is 10.3 Å². The summed E-state index contributed by atoms with van der Waals surface area (Å²) in [4.78, 5) is 4.17. The summed E-state index contributed by atoms with van der Waals surface area (Å²) in [5.74, 6) is 0.642. The smallest absolute Gasteiger partial charge is 0.355 e. The lowest BCUT2D eigenvalue weighted by molar-refractivity contribution is -0.135. The van der Waals surface area contributed by atoms with Gasteiger partial charge in [-0.25, -0.2) is 4.98 Å². The second-order valence-electron chi connectivity index (χ2n) is 4.46. The molecule has 1 N–H and O–H groups in total. The highest BCUT2D eigenvalue weighted by Crippen LogP contribution is 2.22. The van der Waals surface area contributed by atoms with Crippen LogP contribution in [-0.4, -0.2) is 22.3 Å². The Hall–Kier alpha value is -1.98. The molecule has 0 atom stereocenters. The van der Waals surface area contributed by atoms with Crippen molar-refractivity contribution in [2.75, 3.05) is 11.9 Å². The van der Waals surface area contributed by atoms with E-state index < -0.39 is 12.6 Å². The van der Waals surface area contributed by atoms with E-state index in [9.17, 15) is 13.2 Å². The fourth-order valence-corrected chi connectivity index (χ4v) is 1.88. The number of nitrogens with zero attached hydrogens (tertiary/aromatic N) is 2. The number of alkyl halides is 3. The fraction of sp³-hybridized carbons (Fsp3) is 0.357. The summed E-state index contributed by atoms with van der Waals surface area (Å²) in [5, 5.41) is 3.06. The molecule has 0 fully saturated rings. The lowest BCUT2D eigenvalue weighted by atomic mass is 10.2. The van der Waals surface area contributed by atoms with E-state index >= 15 is 0 Å². The van der Waals surface area contributed by atoms with E-state index in [4.69, 9.17) is 0 Å². The summed E-state index contributed by atoms with van der Waals surface area (Å²) >= 11 is 0. The first-order valence-electron chi connectivity index (χ1n) is 6.46. The van der Waals surface area contributed by atoms with Gasteiger partial charge < -0.3 is 5.32 Å². The lowest BCUT2D eigenvalue weighted by Crippen LogP contribution is -2.10. The summed E-state index contributed by atoms with van der Waals surface area (Å²) in [6.07, 6.45) is -0.744. The van der Waals surface area contributed by atoms with Crippen molar-refractivity contribution in [2.45, 2.75) is 25.4 Å². The van der Waals surface area contributed by atoms with E-state index in [1.54, 1.807) is 6.20 Å². The highest BCUT2D eigenvalue weighted by molar-refractivity contribution is 5.41. The van der Waals surface area contributed by atoms with Crippen molar-refractivity contribution < 1.29 is 13.2 Å². The van der Waals surface area contributed by atoms with Crippen LogP contribution in [0.2, 0.25) is 0 Å². The number of para-hydroxylation sites is 1. The van der Waals surface area contributed by atoms with Crippen LogP contribution in [0, 0.1) is 0 Å². The summed E-state index contributed by atoms with van der Waals surface area (Å²) in [6, 6.07) is 9.64. The molecule has 0 aliphatic heterocycles. The maximum absolute atomic E-state index is 12.0. The first-order valence-corrected chi connectivity index (χ1v) is 6.46. The van der Waals surface area contributed by atoms with E-state index in [1.807, 2.05) is 41.1 Å². The van der Waals surface area contributed by atoms with Crippen molar-refractivity contribution in [2.24, 2.45) is 0 Å². The van der Waals surface area contributed by atoms with Crippen LogP contribution in [0.3, 0.4) is 0 Å². The zero-order valence-corrected chi connectivity index (χ0v) is 10.9. The van der Waals surface area contributed by atoms with E-state index in [0.717, 1.165) is 5.69 Å². The zero-order chi connectivity index (χ0) is 14.4. The van der Waals surface area contributed by atoms with Crippen LogP contribution >= 0.6 is 0 Å². The third kappa shape index (κ3) is 4.29. The molecular formula is C14H16F3N3. The number of halogens is 3. The number of hydrogen-bond acceptors (Lipinski definition) is 2. The first-order chi connectivity index (χ1) is 9.56. The highest BCUT2D eigenvalue weighted by Gasteiger charge is 2.25. The largest absolute Gasteiger partial charge is 0.389 e. The molecule has 2 aromatic rings. The van der Waals surface area contributed by atoms with Crippen molar-refractivity contribution in [1.29, 1.82) is 0 Å². The second-order valence-corrected chi connectivity index (χ2v) is 4.46. The minimum absolute atomic E-state index is 0.128. The number of benzene rings is 1. The van der Waals surface area contributed by atoms with Gasteiger partial charge in [-0.05, 0) is 25.0 Å². The molecule has 2 rings (SSSR count). The predicted molar refractivity (Wildman–Crippen MR) is 72.0 cm³/mol. The SMILES string of the molecule is FC(F)(F)CCCCNc1nccn1-c1ccccc1. The maximum Gasteiger partial charge on any atom is 0.389 e. The molecule has 0 saturated carbocycles. The average molecular weight is 283 g/mol. The Morgan fingerprint density at radius 2 is 1.85 bits per heavy atom. The van der Waals surface area contributed by atoms with Gasteiger partial charge in [-0.15, -0.1) is 0 Å². The molecule has 6 heteroatoms. The Morgan fingerprint density at radius 3 is 2.55 bits per heavy atom. The molecule has 0 radical (unpaired) electrons. The quantitative estimate of drug-likeness (QED) is 0.812. The van der Waals surface area contributed by atoms with Crippen LogP contribution in [0.1, 0.15) is 19.3 Å². The van der Waals surface area contributed by atoms with Gasteiger partial charge in [-0.2, -0.15) is 13.2 Å². The number of hydrogen-bond donors (Lipinski definition) is 1. The topological polar surface area (TPSA) is 29.9 Å². The standard InChI is InChI=1S/C14H16F3N3/c15-14(16,17)8-4-5-9-18-13-19-10-11-20(13)12-6-2-1-3-7-12/h1-3,6-7,10-11H,4-5,8-9H2,(H,18,19). The molecule has 0 aliphatic rings. The Bertz CT molecular complexity index is 520. The number of nitrogens with one attached hydrogen (secondary N) is 1. The van der Waals surface area contributed by atoms with Crippen LogP contribution in [-0.2, 0) is 0 Å². The predicted octanol–water partition coefficient (Wildman–Crippen LogP) is 4.02. The monoisotopic (exact) mass is 283 g/mol. The molecular weight excluding hydrogens is 267 g/mol. The van der Waals surface area contributed by atoms with Gasteiger partial charge >= 0.3 is 6.18 Å². The van der Waals surface area contributed by atoms with Gasteiger partial charge in [-0.3, -0.25) is 4.57 Å². The van der Waals surface area contributed by atoms with Gasteiger partial charge in [0.25, 0.3) is 0 Å². The second kappa shape index (κ2) is 6.45. The molecule has 3 nitrogen and oxygen atoms in total.